The summed E-state index contributed by atoms with van der Waals surface area (Å²) in [6, 6.07) is 15.6. The van der Waals surface area contributed by atoms with E-state index in [2.05, 4.69) is 31.2 Å². The second kappa shape index (κ2) is 8.33. The molecule has 8 nitrogen and oxygen atoms in total. The summed E-state index contributed by atoms with van der Waals surface area (Å²) in [5, 5.41) is 7.88. The fourth-order valence-electron chi connectivity index (χ4n) is 5.82. The Balaban J connectivity index is 1.41. The number of para-hydroxylation sites is 1. The standard InChI is InChI=1S/C28H28N2O6/c1-26(2)27(3)12-13-28(26,25(33)29-18-9-7-10-19(15-18)34-4)16-22(27)30-36-24(32)20-14-17-8-5-6-11-21(17)35-23(20)31/h5-11,14-15H,12-13,16H2,1-4H3,(H,29,33)/b30-22-. The number of benzene rings is 2. The molecule has 1 heterocycles. The Morgan fingerprint density at radius 2 is 1.81 bits per heavy atom. The molecular formula is C28H28N2O6. The summed E-state index contributed by atoms with van der Waals surface area (Å²) in [6.07, 6.45) is 1.76. The van der Waals surface area contributed by atoms with Crippen LogP contribution in [0.25, 0.3) is 11.0 Å². The number of hydrogen-bond acceptors (Lipinski definition) is 7. The van der Waals surface area contributed by atoms with Crippen LogP contribution in [0.15, 0.2) is 69.0 Å². The molecule has 2 bridgehead atoms. The van der Waals surface area contributed by atoms with E-state index in [9.17, 15) is 14.4 Å². The zero-order valence-corrected chi connectivity index (χ0v) is 20.7. The topological polar surface area (TPSA) is 107 Å². The van der Waals surface area contributed by atoms with Gasteiger partial charge in [-0.3, -0.25) is 4.79 Å². The predicted octanol–water partition coefficient (Wildman–Crippen LogP) is 5.17. The second-order valence-corrected chi connectivity index (χ2v) is 10.3. The molecule has 2 saturated carbocycles. The van der Waals surface area contributed by atoms with E-state index in [1.54, 1.807) is 37.4 Å². The van der Waals surface area contributed by atoms with E-state index >= 15 is 0 Å². The van der Waals surface area contributed by atoms with Crippen LogP contribution in [0.5, 0.6) is 5.75 Å². The van der Waals surface area contributed by atoms with Crippen molar-refractivity contribution in [2.45, 2.75) is 40.0 Å². The van der Waals surface area contributed by atoms with E-state index in [0.29, 0.717) is 41.0 Å². The van der Waals surface area contributed by atoms with Gasteiger partial charge >= 0.3 is 11.6 Å². The van der Waals surface area contributed by atoms with E-state index in [1.807, 2.05) is 18.2 Å². The molecule has 5 rings (SSSR count). The van der Waals surface area contributed by atoms with Crippen molar-refractivity contribution in [1.82, 2.24) is 0 Å². The highest BCUT2D eigenvalue weighted by Crippen LogP contribution is 2.71. The van der Waals surface area contributed by atoms with Gasteiger partial charge in [0.2, 0.25) is 5.91 Å². The quantitative estimate of drug-likeness (QED) is 0.302. The molecule has 2 fully saturated rings. The van der Waals surface area contributed by atoms with E-state index in [1.165, 1.54) is 6.07 Å². The number of methoxy groups -OCH3 is 1. The lowest BCUT2D eigenvalue weighted by Crippen LogP contribution is -2.43. The summed E-state index contributed by atoms with van der Waals surface area (Å²) in [5.41, 5.74) is -0.960. The number of carbonyl (C=O) groups is 2. The average Bonchev–Trinajstić information content (AvgIpc) is 3.17. The molecule has 8 heteroatoms. The Morgan fingerprint density at radius 3 is 2.58 bits per heavy atom. The number of rotatable bonds is 5. The first-order valence-electron chi connectivity index (χ1n) is 11.9. The summed E-state index contributed by atoms with van der Waals surface area (Å²) in [5.74, 6) is -0.336. The van der Waals surface area contributed by atoms with Gasteiger partial charge in [-0.15, -0.1) is 0 Å². The molecule has 0 aliphatic heterocycles. The van der Waals surface area contributed by atoms with Gasteiger partial charge in [0, 0.05) is 29.0 Å². The van der Waals surface area contributed by atoms with Crippen LogP contribution in [-0.4, -0.2) is 24.7 Å². The molecule has 3 aromatic rings. The van der Waals surface area contributed by atoms with Crippen molar-refractivity contribution in [3.8, 4) is 5.75 Å². The summed E-state index contributed by atoms with van der Waals surface area (Å²) < 4.78 is 10.5. The number of nitrogens with zero attached hydrogens (tertiary/aromatic N) is 1. The molecule has 2 aromatic carbocycles. The number of nitrogens with one attached hydrogen (secondary N) is 1. The van der Waals surface area contributed by atoms with Gasteiger partial charge < -0.3 is 19.3 Å². The Hall–Kier alpha value is -3.94. The maximum absolute atomic E-state index is 13.7. The van der Waals surface area contributed by atoms with Crippen molar-refractivity contribution in [3.63, 3.8) is 0 Å². The van der Waals surface area contributed by atoms with Crippen molar-refractivity contribution >= 4 is 34.2 Å². The minimum atomic E-state index is -0.888. The summed E-state index contributed by atoms with van der Waals surface area (Å²) >= 11 is 0. The van der Waals surface area contributed by atoms with E-state index in [0.717, 1.165) is 6.42 Å². The van der Waals surface area contributed by atoms with Crippen LogP contribution in [0.2, 0.25) is 0 Å². The van der Waals surface area contributed by atoms with Gasteiger partial charge in [0.1, 0.15) is 16.9 Å². The van der Waals surface area contributed by atoms with Gasteiger partial charge in [0.05, 0.1) is 18.2 Å². The molecule has 1 amide bonds. The molecule has 0 radical (unpaired) electrons. The second-order valence-electron chi connectivity index (χ2n) is 10.3. The molecule has 0 spiro atoms. The lowest BCUT2D eigenvalue weighted by atomic mass is 9.64. The molecule has 2 unspecified atom stereocenters. The lowest BCUT2D eigenvalue weighted by molar-refractivity contribution is -0.130. The number of anilines is 1. The van der Waals surface area contributed by atoms with Crippen molar-refractivity contribution in [2.24, 2.45) is 21.4 Å². The number of carbonyl (C=O) groups excluding carboxylic acids is 2. The number of hydrogen-bond donors (Lipinski definition) is 1. The maximum Gasteiger partial charge on any atom is 0.373 e. The molecule has 186 valence electrons. The highest BCUT2D eigenvalue weighted by atomic mass is 16.7. The van der Waals surface area contributed by atoms with Crippen LogP contribution < -0.4 is 15.7 Å². The van der Waals surface area contributed by atoms with Gasteiger partial charge in [-0.25, -0.2) is 9.59 Å². The highest BCUT2D eigenvalue weighted by Gasteiger charge is 2.71. The molecule has 1 N–H and O–H groups in total. The molecule has 2 atom stereocenters. The van der Waals surface area contributed by atoms with E-state index < -0.39 is 27.8 Å². The minimum absolute atomic E-state index is 0.101. The largest absolute Gasteiger partial charge is 0.497 e. The van der Waals surface area contributed by atoms with Crippen molar-refractivity contribution < 1.29 is 23.6 Å². The molecular weight excluding hydrogens is 460 g/mol. The van der Waals surface area contributed by atoms with Gasteiger partial charge in [0.15, 0.2) is 0 Å². The fourth-order valence-corrected chi connectivity index (χ4v) is 5.82. The Morgan fingerprint density at radius 1 is 1.03 bits per heavy atom. The molecule has 36 heavy (non-hydrogen) atoms. The van der Waals surface area contributed by atoms with E-state index in [-0.39, 0.29) is 11.5 Å². The monoisotopic (exact) mass is 488 g/mol. The highest BCUT2D eigenvalue weighted by molar-refractivity contribution is 6.06. The Labute approximate surface area is 208 Å². The SMILES string of the molecule is COc1cccc(NC(=O)C23CCC(C)(/C(=N\OC(=O)c4cc5ccccc5oc4=O)C2)C3(C)C)c1. The van der Waals surface area contributed by atoms with Gasteiger partial charge in [-0.1, -0.05) is 50.2 Å². The first-order valence-corrected chi connectivity index (χ1v) is 11.9. The van der Waals surface area contributed by atoms with E-state index in [4.69, 9.17) is 14.0 Å². The third-order valence-electron chi connectivity index (χ3n) is 8.60. The Kier molecular flexibility index (Phi) is 5.50. The van der Waals surface area contributed by atoms with Crippen molar-refractivity contribution in [1.29, 1.82) is 0 Å². The minimum Gasteiger partial charge on any atom is -0.497 e. The Bertz CT molecular complexity index is 1470. The number of amides is 1. The summed E-state index contributed by atoms with van der Waals surface area (Å²) in [6.45, 7) is 6.18. The van der Waals surface area contributed by atoms with Crippen LogP contribution in [0.3, 0.4) is 0 Å². The predicted molar refractivity (Wildman–Crippen MR) is 135 cm³/mol. The van der Waals surface area contributed by atoms with Crippen LogP contribution in [0.1, 0.15) is 50.4 Å². The zero-order valence-electron chi connectivity index (χ0n) is 20.7. The average molecular weight is 489 g/mol. The van der Waals surface area contributed by atoms with Crippen molar-refractivity contribution in [2.75, 3.05) is 12.4 Å². The molecule has 1 aromatic heterocycles. The van der Waals surface area contributed by atoms with Crippen LogP contribution in [0.4, 0.5) is 5.69 Å². The zero-order chi connectivity index (χ0) is 25.7. The van der Waals surface area contributed by atoms with Crippen LogP contribution in [0, 0.1) is 16.2 Å². The number of fused-ring (bicyclic) bond motifs is 3. The fraction of sp³-hybridized carbons (Fsp3) is 0.357. The molecule has 2 aliphatic carbocycles. The van der Waals surface area contributed by atoms with Crippen molar-refractivity contribution in [3.05, 3.63) is 70.6 Å². The normalized spacial score (nSPS) is 25.2. The summed E-state index contributed by atoms with van der Waals surface area (Å²) in [4.78, 5) is 44.0. The smallest absolute Gasteiger partial charge is 0.373 e. The van der Waals surface area contributed by atoms with Gasteiger partial charge in [-0.2, -0.15) is 0 Å². The first kappa shape index (κ1) is 23.8. The molecule has 2 aliphatic rings. The third-order valence-corrected chi connectivity index (χ3v) is 8.60. The van der Waals surface area contributed by atoms with Crippen LogP contribution >= 0.6 is 0 Å². The lowest BCUT2D eigenvalue weighted by Gasteiger charge is -2.39. The van der Waals surface area contributed by atoms with Gasteiger partial charge in [-0.05, 0) is 42.5 Å². The molecule has 0 saturated heterocycles. The summed E-state index contributed by atoms with van der Waals surface area (Å²) in [7, 11) is 1.58. The number of ether oxygens (including phenoxy) is 1. The van der Waals surface area contributed by atoms with Crippen LogP contribution in [-0.2, 0) is 9.63 Å². The first-order chi connectivity index (χ1) is 17.1. The van der Waals surface area contributed by atoms with Gasteiger partial charge in [0.25, 0.3) is 0 Å². The third kappa shape index (κ3) is 3.43. The maximum atomic E-state index is 13.7. The number of oxime groups is 1.